The maximum absolute atomic E-state index is 13.1. The molecule has 0 saturated heterocycles. The molecule has 1 amide bonds. The molecule has 2 aromatic rings. The third kappa shape index (κ3) is 4.33. The van der Waals surface area contributed by atoms with E-state index in [-0.39, 0.29) is 27.9 Å². The molecule has 4 saturated carbocycles. The smallest absolute Gasteiger partial charge is 0.240 e. The number of benzene rings is 1. The molecule has 9 heteroatoms. The van der Waals surface area contributed by atoms with Gasteiger partial charge in [0, 0.05) is 5.69 Å². The minimum absolute atomic E-state index is 0.0374. The largest absolute Gasteiger partial charge is 0.468 e. The fourth-order valence-electron chi connectivity index (χ4n) is 6.17. The first kappa shape index (κ1) is 21.6. The number of nitrogens with one attached hydrogen (secondary N) is 3. The van der Waals surface area contributed by atoms with Crippen LogP contribution in [-0.2, 0) is 21.4 Å². The van der Waals surface area contributed by atoms with Crippen LogP contribution in [0.4, 0.5) is 5.69 Å². The molecule has 0 atom stereocenters. The maximum atomic E-state index is 13.1. The maximum Gasteiger partial charge on any atom is 0.240 e. The molecule has 0 spiro atoms. The normalized spacial score (nSPS) is 28.4. The third-order valence-electron chi connectivity index (χ3n) is 7.19. The number of amides is 1. The number of carbonyl (C=O) groups is 1. The molecule has 170 valence electrons. The number of hydrogen-bond acceptors (Lipinski definition) is 5. The van der Waals surface area contributed by atoms with Crippen LogP contribution in [0.1, 0.15) is 44.3 Å². The molecule has 0 unspecified atom stereocenters. The summed E-state index contributed by atoms with van der Waals surface area (Å²) in [6, 6.07) is 9.66. The van der Waals surface area contributed by atoms with E-state index in [1.54, 1.807) is 24.3 Å². The van der Waals surface area contributed by atoms with Gasteiger partial charge in [-0.3, -0.25) is 4.79 Å². The van der Waals surface area contributed by atoms with E-state index in [2.05, 4.69) is 15.4 Å². The first-order valence-electron chi connectivity index (χ1n) is 11.1. The molecule has 4 bridgehead atoms. The van der Waals surface area contributed by atoms with Crippen LogP contribution in [0.2, 0.25) is 0 Å². The summed E-state index contributed by atoms with van der Waals surface area (Å²) in [5.41, 5.74) is 0.351. The van der Waals surface area contributed by atoms with Gasteiger partial charge in [0.15, 0.2) is 5.11 Å². The molecule has 1 aromatic heterocycles. The Morgan fingerprint density at radius 1 is 1.03 bits per heavy atom. The number of sulfonamides is 1. The van der Waals surface area contributed by atoms with Gasteiger partial charge >= 0.3 is 0 Å². The van der Waals surface area contributed by atoms with Gasteiger partial charge in [-0.05, 0) is 105 Å². The van der Waals surface area contributed by atoms with Gasteiger partial charge in [0.25, 0.3) is 0 Å². The van der Waals surface area contributed by atoms with Crippen molar-refractivity contribution in [1.82, 2.24) is 10.0 Å². The number of hydrogen-bond donors (Lipinski definition) is 3. The van der Waals surface area contributed by atoms with E-state index in [0.717, 1.165) is 19.3 Å². The Bertz CT molecular complexity index is 1080. The zero-order valence-corrected chi connectivity index (χ0v) is 19.3. The lowest BCUT2D eigenvalue weighted by atomic mass is 9.49. The first-order valence-corrected chi connectivity index (χ1v) is 12.9. The third-order valence-corrected chi connectivity index (χ3v) is 8.81. The Morgan fingerprint density at radius 2 is 1.66 bits per heavy atom. The molecule has 1 aromatic carbocycles. The number of carbonyl (C=O) groups excluding carboxylic acids is 1. The van der Waals surface area contributed by atoms with Crippen molar-refractivity contribution in [2.75, 3.05) is 5.32 Å². The Hall–Kier alpha value is -2.23. The van der Waals surface area contributed by atoms with Gasteiger partial charge in [-0.25, -0.2) is 13.1 Å². The van der Waals surface area contributed by atoms with Gasteiger partial charge in [-0.15, -0.1) is 0 Å². The van der Waals surface area contributed by atoms with Gasteiger partial charge in [0.05, 0.1) is 23.1 Å². The van der Waals surface area contributed by atoms with Crippen LogP contribution < -0.4 is 15.4 Å². The molecule has 0 aliphatic heterocycles. The highest BCUT2D eigenvalue weighted by Crippen LogP contribution is 2.60. The summed E-state index contributed by atoms with van der Waals surface area (Å²) in [7, 11) is -3.67. The molecular weight excluding hydrogens is 446 g/mol. The molecule has 4 fully saturated rings. The second-order valence-electron chi connectivity index (χ2n) is 9.53. The predicted molar refractivity (Wildman–Crippen MR) is 124 cm³/mol. The molecule has 4 aliphatic rings. The quantitative estimate of drug-likeness (QED) is 0.552. The summed E-state index contributed by atoms with van der Waals surface area (Å²) in [5, 5.41) is 6.16. The average Bonchev–Trinajstić information content (AvgIpc) is 3.25. The zero-order valence-electron chi connectivity index (χ0n) is 17.7. The first-order chi connectivity index (χ1) is 15.3. The standard InChI is InChI=1S/C23H27N3O4S2/c27-21(23-11-15-8-16(12-23)10-17(9-15)13-23)26-22(31)25-18-3-5-20(6-4-18)32(28,29)24-14-19-2-1-7-30-19/h1-7,15-17,24H,8-14H2,(H2,25,26,27,31). The summed E-state index contributed by atoms with van der Waals surface area (Å²) in [4.78, 5) is 13.3. The molecule has 0 radical (unpaired) electrons. The fraction of sp³-hybridized carbons (Fsp3) is 0.478. The van der Waals surface area contributed by atoms with Crippen molar-refractivity contribution in [3.05, 3.63) is 48.4 Å². The predicted octanol–water partition coefficient (Wildman–Crippen LogP) is 3.79. The van der Waals surface area contributed by atoms with Gasteiger partial charge in [-0.2, -0.15) is 0 Å². The van der Waals surface area contributed by atoms with Crippen LogP contribution >= 0.6 is 12.2 Å². The van der Waals surface area contributed by atoms with Crippen molar-refractivity contribution < 1.29 is 17.6 Å². The van der Waals surface area contributed by atoms with Crippen LogP contribution in [0.5, 0.6) is 0 Å². The number of rotatable bonds is 6. The van der Waals surface area contributed by atoms with E-state index in [1.165, 1.54) is 37.7 Å². The summed E-state index contributed by atoms with van der Waals surface area (Å²) in [6.07, 6.45) is 8.26. The van der Waals surface area contributed by atoms with Gasteiger partial charge < -0.3 is 15.1 Å². The lowest BCUT2D eigenvalue weighted by molar-refractivity contribution is -0.144. The van der Waals surface area contributed by atoms with E-state index in [1.807, 2.05) is 0 Å². The number of thiocarbonyl (C=S) groups is 1. The molecular formula is C23H27N3O4S2. The number of furan rings is 1. The highest BCUT2D eigenvalue weighted by Gasteiger charge is 2.54. The highest BCUT2D eigenvalue weighted by atomic mass is 32.2. The van der Waals surface area contributed by atoms with Crippen molar-refractivity contribution in [3.8, 4) is 0 Å². The second kappa shape index (κ2) is 8.28. The summed E-state index contributed by atoms with van der Waals surface area (Å²) in [5.74, 6) is 2.63. The Labute approximate surface area is 193 Å². The van der Waals surface area contributed by atoms with Crippen molar-refractivity contribution in [2.45, 2.75) is 50.0 Å². The van der Waals surface area contributed by atoms with Crippen molar-refractivity contribution in [1.29, 1.82) is 0 Å². The lowest BCUT2D eigenvalue weighted by Gasteiger charge is -2.55. The van der Waals surface area contributed by atoms with Crippen molar-refractivity contribution in [2.24, 2.45) is 23.2 Å². The van der Waals surface area contributed by atoms with Crippen LogP contribution in [0.3, 0.4) is 0 Å². The summed E-state index contributed by atoms with van der Waals surface area (Å²) < 4.78 is 32.6. The molecule has 3 N–H and O–H groups in total. The summed E-state index contributed by atoms with van der Waals surface area (Å²) in [6.45, 7) is 0.0791. The Morgan fingerprint density at radius 3 is 2.22 bits per heavy atom. The van der Waals surface area contributed by atoms with Crippen molar-refractivity contribution >= 4 is 38.9 Å². The van der Waals surface area contributed by atoms with Gasteiger partial charge in [0.2, 0.25) is 15.9 Å². The SMILES string of the molecule is O=C(NC(=S)Nc1ccc(S(=O)(=O)NCc2ccco2)cc1)C12CC3CC(CC(C3)C1)C2. The monoisotopic (exact) mass is 473 g/mol. The van der Waals surface area contributed by atoms with E-state index in [0.29, 0.717) is 29.2 Å². The second-order valence-corrected chi connectivity index (χ2v) is 11.7. The van der Waals surface area contributed by atoms with Gasteiger partial charge in [0.1, 0.15) is 5.76 Å². The van der Waals surface area contributed by atoms with Gasteiger partial charge in [-0.1, -0.05) is 0 Å². The molecule has 6 rings (SSSR count). The van der Waals surface area contributed by atoms with E-state index in [4.69, 9.17) is 16.6 Å². The Balaban J connectivity index is 1.17. The fourth-order valence-corrected chi connectivity index (χ4v) is 7.37. The van der Waals surface area contributed by atoms with Crippen LogP contribution in [0, 0.1) is 23.2 Å². The minimum Gasteiger partial charge on any atom is -0.468 e. The highest BCUT2D eigenvalue weighted by molar-refractivity contribution is 7.89. The number of anilines is 1. The lowest BCUT2D eigenvalue weighted by Crippen LogP contribution is -2.55. The van der Waals surface area contributed by atoms with Crippen LogP contribution in [0.25, 0.3) is 0 Å². The molecule has 1 heterocycles. The summed E-state index contributed by atoms with van der Waals surface area (Å²) >= 11 is 5.38. The zero-order chi connectivity index (χ0) is 22.3. The Kier molecular flexibility index (Phi) is 5.59. The molecule has 32 heavy (non-hydrogen) atoms. The van der Waals surface area contributed by atoms with E-state index in [9.17, 15) is 13.2 Å². The minimum atomic E-state index is -3.67. The average molecular weight is 474 g/mol. The molecule has 4 aliphatic carbocycles. The molecule has 7 nitrogen and oxygen atoms in total. The van der Waals surface area contributed by atoms with Crippen LogP contribution in [-0.4, -0.2) is 19.4 Å². The van der Waals surface area contributed by atoms with E-state index < -0.39 is 10.0 Å². The van der Waals surface area contributed by atoms with Crippen molar-refractivity contribution in [3.63, 3.8) is 0 Å². The topological polar surface area (TPSA) is 100 Å². The van der Waals surface area contributed by atoms with Crippen LogP contribution in [0.15, 0.2) is 52.0 Å². The van der Waals surface area contributed by atoms with E-state index >= 15 is 0 Å².